The van der Waals surface area contributed by atoms with E-state index in [2.05, 4.69) is 18.0 Å². The van der Waals surface area contributed by atoms with Gasteiger partial charge in [0.15, 0.2) is 0 Å². The Kier molecular flexibility index (Phi) is 7.73. The summed E-state index contributed by atoms with van der Waals surface area (Å²) in [5.74, 6) is -0.294. The number of nitrogens with one attached hydrogen (secondary N) is 1. The molecule has 5 nitrogen and oxygen atoms in total. The highest BCUT2D eigenvalue weighted by atomic mass is 16.5. The van der Waals surface area contributed by atoms with Crippen molar-refractivity contribution in [2.24, 2.45) is 0 Å². The third kappa shape index (κ3) is 5.04. The molecule has 170 valence electrons. The molecule has 0 saturated carbocycles. The standard InChI is InChI=1S/C27H34N2O3/c1-6-7-13-21-14-15-23-24(26(21)32-17-20-11-9-8-10-12-20)22(16-28-23)25(30)27(31)29(18(2)3)19(4)5/h8-12,14-16,18-19,28H,6-7,13,17H2,1-5H3. The molecule has 1 aromatic heterocycles. The van der Waals surface area contributed by atoms with E-state index in [9.17, 15) is 9.59 Å². The Bertz CT molecular complexity index is 1060. The quantitative estimate of drug-likeness (QED) is 0.318. The highest BCUT2D eigenvalue weighted by Gasteiger charge is 2.30. The number of benzene rings is 2. The molecule has 0 saturated heterocycles. The van der Waals surface area contributed by atoms with E-state index < -0.39 is 11.7 Å². The van der Waals surface area contributed by atoms with Gasteiger partial charge < -0.3 is 14.6 Å². The average molecular weight is 435 g/mol. The Hall–Kier alpha value is -3.08. The number of carbonyl (C=O) groups is 2. The molecule has 32 heavy (non-hydrogen) atoms. The summed E-state index contributed by atoms with van der Waals surface area (Å²) in [6, 6.07) is 13.9. The Morgan fingerprint density at radius 3 is 2.31 bits per heavy atom. The maximum Gasteiger partial charge on any atom is 0.295 e. The van der Waals surface area contributed by atoms with Crippen molar-refractivity contribution in [2.45, 2.75) is 72.6 Å². The molecule has 0 unspecified atom stereocenters. The number of aromatic nitrogens is 1. The lowest BCUT2D eigenvalue weighted by Gasteiger charge is -2.30. The molecule has 1 N–H and O–H groups in total. The third-order valence-electron chi connectivity index (χ3n) is 5.69. The predicted molar refractivity (Wildman–Crippen MR) is 129 cm³/mol. The number of amides is 1. The fourth-order valence-corrected chi connectivity index (χ4v) is 4.17. The zero-order valence-electron chi connectivity index (χ0n) is 19.8. The van der Waals surface area contributed by atoms with Gasteiger partial charge in [-0.1, -0.05) is 49.7 Å². The van der Waals surface area contributed by atoms with Crippen molar-refractivity contribution in [3.8, 4) is 5.75 Å². The second-order valence-electron chi connectivity index (χ2n) is 8.79. The minimum atomic E-state index is -0.504. The highest BCUT2D eigenvalue weighted by molar-refractivity contribution is 6.45. The van der Waals surface area contributed by atoms with Crippen LogP contribution in [0.3, 0.4) is 0 Å². The van der Waals surface area contributed by atoms with Crippen LogP contribution < -0.4 is 4.74 Å². The van der Waals surface area contributed by atoms with Crippen LogP contribution in [0.1, 0.15) is 68.9 Å². The van der Waals surface area contributed by atoms with E-state index in [0.717, 1.165) is 35.9 Å². The first-order chi connectivity index (χ1) is 15.3. The normalized spacial score (nSPS) is 11.3. The van der Waals surface area contributed by atoms with E-state index in [-0.39, 0.29) is 12.1 Å². The van der Waals surface area contributed by atoms with E-state index >= 15 is 0 Å². The van der Waals surface area contributed by atoms with Crippen LogP contribution in [-0.4, -0.2) is 33.7 Å². The Morgan fingerprint density at radius 1 is 1.00 bits per heavy atom. The second kappa shape index (κ2) is 10.5. The summed E-state index contributed by atoms with van der Waals surface area (Å²) in [6.45, 7) is 10.3. The van der Waals surface area contributed by atoms with Crippen LogP contribution in [0.15, 0.2) is 48.7 Å². The largest absolute Gasteiger partial charge is 0.488 e. The van der Waals surface area contributed by atoms with Crippen molar-refractivity contribution in [1.29, 1.82) is 0 Å². The van der Waals surface area contributed by atoms with E-state index in [1.54, 1.807) is 11.1 Å². The first-order valence-corrected chi connectivity index (χ1v) is 11.5. The average Bonchev–Trinajstić information content (AvgIpc) is 3.20. The monoisotopic (exact) mass is 434 g/mol. The number of rotatable bonds is 10. The van der Waals surface area contributed by atoms with Crippen LogP contribution in [0, 0.1) is 0 Å². The molecule has 0 fully saturated rings. The van der Waals surface area contributed by atoms with Gasteiger partial charge in [0.1, 0.15) is 12.4 Å². The lowest BCUT2D eigenvalue weighted by Crippen LogP contribution is -2.45. The number of aryl methyl sites for hydroxylation is 1. The number of ketones is 1. The Morgan fingerprint density at radius 2 is 1.69 bits per heavy atom. The molecule has 0 aliphatic carbocycles. The zero-order chi connectivity index (χ0) is 23.3. The van der Waals surface area contributed by atoms with Crippen LogP contribution in [0.2, 0.25) is 0 Å². The molecular formula is C27H34N2O3. The number of nitrogens with zero attached hydrogens (tertiary/aromatic N) is 1. The van der Waals surface area contributed by atoms with Gasteiger partial charge in [-0.25, -0.2) is 0 Å². The number of carbonyl (C=O) groups excluding carboxylic acids is 2. The number of aromatic amines is 1. The first kappa shape index (κ1) is 23.6. The molecule has 1 amide bonds. The molecular weight excluding hydrogens is 400 g/mol. The number of hydrogen-bond donors (Lipinski definition) is 1. The van der Waals surface area contributed by atoms with E-state index in [1.165, 1.54) is 0 Å². The summed E-state index contributed by atoms with van der Waals surface area (Å²) in [7, 11) is 0. The summed E-state index contributed by atoms with van der Waals surface area (Å²) in [5.41, 5.74) is 3.28. The summed E-state index contributed by atoms with van der Waals surface area (Å²) >= 11 is 0. The number of unbranched alkanes of at least 4 members (excludes halogenated alkanes) is 1. The molecule has 0 bridgehead atoms. The van der Waals surface area contributed by atoms with E-state index in [1.807, 2.05) is 64.1 Å². The van der Waals surface area contributed by atoms with Crippen LogP contribution in [-0.2, 0) is 17.8 Å². The van der Waals surface area contributed by atoms with Crippen LogP contribution in [0.25, 0.3) is 10.9 Å². The fraction of sp³-hybridized carbons (Fsp3) is 0.407. The molecule has 2 aromatic carbocycles. The van der Waals surface area contributed by atoms with Gasteiger partial charge in [-0.15, -0.1) is 0 Å². The predicted octanol–water partition coefficient (Wildman–Crippen LogP) is 5.92. The van der Waals surface area contributed by atoms with Gasteiger partial charge >= 0.3 is 0 Å². The minimum Gasteiger partial charge on any atom is -0.488 e. The van der Waals surface area contributed by atoms with Crippen LogP contribution >= 0.6 is 0 Å². The van der Waals surface area contributed by atoms with Crippen molar-refractivity contribution in [2.75, 3.05) is 0 Å². The maximum absolute atomic E-state index is 13.4. The van der Waals surface area contributed by atoms with Gasteiger partial charge in [-0.2, -0.15) is 0 Å². The minimum absolute atomic E-state index is 0.0643. The van der Waals surface area contributed by atoms with Gasteiger partial charge in [0.2, 0.25) is 0 Å². The second-order valence-corrected chi connectivity index (χ2v) is 8.79. The third-order valence-corrected chi connectivity index (χ3v) is 5.69. The number of H-pyrrole nitrogens is 1. The Balaban J connectivity index is 2.05. The van der Waals surface area contributed by atoms with Crippen molar-refractivity contribution < 1.29 is 14.3 Å². The van der Waals surface area contributed by atoms with Crippen LogP contribution in [0.4, 0.5) is 0 Å². The van der Waals surface area contributed by atoms with Crippen molar-refractivity contribution >= 4 is 22.6 Å². The van der Waals surface area contributed by atoms with Crippen molar-refractivity contribution in [1.82, 2.24) is 9.88 Å². The smallest absolute Gasteiger partial charge is 0.295 e. The summed E-state index contributed by atoms with van der Waals surface area (Å²) in [4.78, 5) is 31.3. The fourth-order valence-electron chi connectivity index (χ4n) is 4.17. The summed E-state index contributed by atoms with van der Waals surface area (Å²) in [6.07, 6.45) is 4.58. The summed E-state index contributed by atoms with van der Waals surface area (Å²) < 4.78 is 6.32. The maximum atomic E-state index is 13.4. The zero-order valence-corrected chi connectivity index (χ0v) is 19.8. The molecule has 3 rings (SSSR count). The number of hydrogen-bond acceptors (Lipinski definition) is 3. The van der Waals surface area contributed by atoms with E-state index in [0.29, 0.717) is 23.3 Å². The Labute approximate surface area is 190 Å². The number of fused-ring (bicyclic) bond motifs is 1. The van der Waals surface area contributed by atoms with Gasteiger partial charge in [0, 0.05) is 23.8 Å². The lowest BCUT2D eigenvalue weighted by atomic mass is 10.0. The van der Waals surface area contributed by atoms with E-state index in [4.69, 9.17) is 4.74 Å². The van der Waals surface area contributed by atoms with Gasteiger partial charge in [0.25, 0.3) is 11.7 Å². The SMILES string of the molecule is CCCCc1ccc2[nH]cc(C(=O)C(=O)N(C(C)C)C(C)C)c2c1OCc1ccccc1. The molecule has 0 aliphatic heterocycles. The summed E-state index contributed by atoms with van der Waals surface area (Å²) in [5, 5.41) is 0.695. The van der Waals surface area contributed by atoms with Gasteiger partial charge in [-0.05, 0) is 57.7 Å². The van der Waals surface area contributed by atoms with Crippen molar-refractivity contribution in [3.63, 3.8) is 0 Å². The highest BCUT2D eigenvalue weighted by Crippen LogP contribution is 2.35. The molecule has 1 heterocycles. The lowest BCUT2D eigenvalue weighted by molar-refractivity contribution is -0.129. The molecule has 0 radical (unpaired) electrons. The molecule has 3 aromatic rings. The molecule has 0 atom stereocenters. The van der Waals surface area contributed by atoms with Crippen LogP contribution in [0.5, 0.6) is 5.75 Å². The number of ether oxygens (including phenoxy) is 1. The van der Waals surface area contributed by atoms with Gasteiger partial charge in [-0.3, -0.25) is 9.59 Å². The molecule has 0 aliphatic rings. The van der Waals surface area contributed by atoms with Crippen molar-refractivity contribution in [3.05, 3.63) is 65.4 Å². The topological polar surface area (TPSA) is 62.4 Å². The molecule has 5 heteroatoms. The first-order valence-electron chi connectivity index (χ1n) is 11.5. The van der Waals surface area contributed by atoms with Gasteiger partial charge in [0.05, 0.1) is 10.9 Å². The molecule has 0 spiro atoms. The number of Topliss-reactive ketones (excluding diaryl/α,β-unsaturated/α-hetero) is 1.